The van der Waals surface area contributed by atoms with Crippen molar-refractivity contribution in [2.45, 2.75) is 64.0 Å². The zero-order valence-corrected chi connectivity index (χ0v) is 13.3. The van der Waals surface area contributed by atoms with Gasteiger partial charge in [0.1, 0.15) is 0 Å². The van der Waals surface area contributed by atoms with E-state index < -0.39 is 0 Å². The minimum absolute atomic E-state index is 0.0619. The van der Waals surface area contributed by atoms with Gasteiger partial charge in [0, 0.05) is 22.9 Å². The minimum Gasteiger partial charge on any atom is -0.377 e. The van der Waals surface area contributed by atoms with E-state index in [9.17, 15) is 0 Å². The molecule has 1 aromatic heterocycles. The van der Waals surface area contributed by atoms with Crippen LogP contribution < -0.4 is 5.32 Å². The second-order valence-electron chi connectivity index (χ2n) is 5.51. The first-order chi connectivity index (χ1) is 9.24. The molecule has 2 nitrogen and oxygen atoms in total. The fraction of sp³-hybridized carbons (Fsp3) is 0.750. The van der Waals surface area contributed by atoms with Gasteiger partial charge in [0.05, 0.1) is 5.60 Å². The molecule has 1 unspecified atom stereocenters. The molecule has 0 spiro atoms. The molecule has 1 N–H and O–H groups in total. The molecular formula is C16H27NOS. The first-order valence-corrected chi connectivity index (χ1v) is 8.42. The van der Waals surface area contributed by atoms with Gasteiger partial charge in [-0.2, -0.15) is 0 Å². The summed E-state index contributed by atoms with van der Waals surface area (Å²) in [5.74, 6) is 0. The van der Waals surface area contributed by atoms with E-state index in [-0.39, 0.29) is 5.60 Å². The average Bonchev–Trinajstić information content (AvgIpc) is 3.07. The third-order valence-corrected chi connectivity index (χ3v) is 5.66. The molecule has 0 radical (unpaired) electrons. The predicted octanol–water partition coefficient (Wildman–Crippen LogP) is 3.79. The van der Waals surface area contributed by atoms with Crippen LogP contribution in [0.4, 0.5) is 0 Å². The van der Waals surface area contributed by atoms with Crippen LogP contribution in [0.1, 0.15) is 49.3 Å². The summed E-state index contributed by atoms with van der Waals surface area (Å²) in [5.41, 5.74) is 0.0619. The number of methoxy groups -OCH3 is 1. The van der Waals surface area contributed by atoms with Crippen molar-refractivity contribution in [2.75, 3.05) is 13.7 Å². The number of hydrogen-bond donors (Lipinski definition) is 1. The molecule has 0 amide bonds. The Labute approximate surface area is 121 Å². The van der Waals surface area contributed by atoms with Crippen LogP contribution in [0.2, 0.25) is 0 Å². The fourth-order valence-electron chi connectivity index (χ4n) is 3.28. The Bertz CT molecular complexity index is 382. The molecule has 3 heteroatoms. The molecule has 1 fully saturated rings. The summed E-state index contributed by atoms with van der Waals surface area (Å²) in [6.07, 6.45) is 7.26. The van der Waals surface area contributed by atoms with Crippen LogP contribution in [-0.4, -0.2) is 25.3 Å². The van der Waals surface area contributed by atoms with Gasteiger partial charge in [-0.05, 0) is 44.4 Å². The van der Waals surface area contributed by atoms with Crippen LogP contribution in [0.5, 0.6) is 0 Å². The molecule has 19 heavy (non-hydrogen) atoms. The number of ether oxygens (including phenoxy) is 1. The minimum atomic E-state index is 0.0619. The Morgan fingerprint density at radius 1 is 1.26 bits per heavy atom. The molecule has 1 saturated carbocycles. The standard InChI is InChI=1S/C16H27NOS/c1-4-13-8-9-14(19-13)12-15(17-5-2)16(18-3)10-6-7-11-16/h8-9,15,17H,4-7,10-12H2,1-3H3. The van der Waals surface area contributed by atoms with Crippen molar-refractivity contribution in [2.24, 2.45) is 0 Å². The van der Waals surface area contributed by atoms with Crippen LogP contribution in [0.3, 0.4) is 0 Å². The maximum Gasteiger partial charge on any atom is 0.0834 e. The van der Waals surface area contributed by atoms with Crippen LogP contribution >= 0.6 is 11.3 Å². The average molecular weight is 281 g/mol. The first-order valence-electron chi connectivity index (χ1n) is 7.60. The van der Waals surface area contributed by atoms with Gasteiger partial charge in [-0.15, -0.1) is 11.3 Å². The molecule has 1 heterocycles. The number of thiophene rings is 1. The lowest BCUT2D eigenvalue weighted by Gasteiger charge is -2.37. The molecular weight excluding hydrogens is 254 g/mol. The van der Waals surface area contributed by atoms with Crippen molar-refractivity contribution in [1.29, 1.82) is 0 Å². The monoisotopic (exact) mass is 281 g/mol. The lowest BCUT2D eigenvalue weighted by molar-refractivity contribution is -0.0349. The molecule has 0 aliphatic heterocycles. The van der Waals surface area contributed by atoms with Gasteiger partial charge in [0.25, 0.3) is 0 Å². The molecule has 0 aromatic carbocycles. The van der Waals surface area contributed by atoms with E-state index in [1.165, 1.54) is 35.4 Å². The summed E-state index contributed by atoms with van der Waals surface area (Å²) in [6, 6.07) is 5.02. The van der Waals surface area contributed by atoms with Crippen molar-refractivity contribution >= 4 is 11.3 Å². The number of rotatable bonds is 7. The van der Waals surface area contributed by atoms with E-state index in [0.29, 0.717) is 6.04 Å². The fourth-order valence-corrected chi connectivity index (χ4v) is 4.29. The predicted molar refractivity (Wildman–Crippen MR) is 83.1 cm³/mol. The van der Waals surface area contributed by atoms with Crippen molar-refractivity contribution in [3.63, 3.8) is 0 Å². The molecule has 1 aromatic rings. The quantitative estimate of drug-likeness (QED) is 0.821. The second kappa shape index (κ2) is 6.87. The van der Waals surface area contributed by atoms with E-state index in [4.69, 9.17) is 4.74 Å². The summed E-state index contributed by atoms with van der Waals surface area (Å²) in [7, 11) is 1.89. The largest absolute Gasteiger partial charge is 0.377 e. The van der Waals surface area contributed by atoms with Gasteiger partial charge in [0.2, 0.25) is 0 Å². The smallest absolute Gasteiger partial charge is 0.0834 e. The number of aryl methyl sites for hydroxylation is 1. The summed E-state index contributed by atoms with van der Waals surface area (Å²) < 4.78 is 5.96. The summed E-state index contributed by atoms with van der Waals surface area (Å²) in [6.45, 7) is 5.43. The van der Waals surface area contributed by atoms with Crippen LogP contribution in [0.15, 0.2) is 12.1 Å². The van der Waals surface area contributed by atoms with Gasteiger partial charge in [-0.25, -0.2) is 0 Å². The molecule has 1 aliphatic carbocycles. The third kappa shape index (κ3) is 3.39. The highest BCUT2D eigenvalue weighted by Gasteiger charge is 2.41. The van der Waals surface area contributed by atoms with Crippen LogP contribution in [0.25, 0.3) is 0 Å². The normalized spacial score (nSPS) is 19.7. The van der Waals surface area contributed by atoms with Crippen molar-refractivity contribution in [1.82, 2.24) is 5.32 Å². The summed E-state index contributed by atoms with van der Waals surface area (Å²) in [4.78, 5) is 2.98. The number of hydrogen-bond acceptors (Lipinski definition) is 3. The molecule has 0 saturated heterocycles. The van der Waals surface area contributed by atoms with Crippen molar-refractivity contribution < 1.29 is 4.74 Å². The Morgan fingerprint density at radius 2 is 1.95 bits per heavy atom. The van der Waals surface area contributed by atoms with E-state index in [0.717, 1.165) is 19.4 Å². The lowest BCUT2D eigenvalue weighted by Crippen LogP contribution is -2.51. The first kappa shape index (κ1) is 15.0. The second-order valence-corrected chi connectivity index (χ2v) is 6.76. The van der Waals surface area contributed by atoms with Gasteiger partial charge >= 0.3 is 0 Å². The number of nitrogens with one attached hydrogen (secondary N) is 1. The van der Waals surface area contributed by atoms with Crippen molar-refractivity contribution in [3.8, 4) is 0 Å². The lowest BCUT2D eigenvalue weighted by atomic mass is 9.89. The Balaban J connectivity index is 2.10. The highest BCUT2D eigenvalue weighted by molar-refractivity contribution is 7.11. The highest BCUT2D eigenvalue weighted by Crippen LogP contribution is 2.37. The SMILES string of the molecule is CCNC(Cc1ccc(CC)s1)C1(OC)CCCC1. The topological polar surface area (TPSA) is 21.3 Å². The number of likely N-dealkylation sites (N-methyl/N-ethyl adjacent to an activating group) is 1. The highest BCUT2D eigenvalue weighted by atomic mass is 32.1. The zero-order chi connectivity index (χ0) is 13.7. The molecule has 108 valence electrons. The molecule has 1 aliphatic rings. The Hall–Kier alpha value is -0.380. The summed E-state index contributed by atoms with van der Waals surface area (Å²) in [5, 5.41) is 3.67. The van der Waals surface area contributed by atoms with E-state index >= 15 is 0 Å². The zero-order valence-electron chi connectivity index (χ0n) is 12.5. The molecule has 2 rings (SSSR count). The van der Waals surface area contributed by atoms with Gasteiger partial charge in [-0.3, -0.25) is 0 Å². The maximum absolute atomic E-state index is 5.96. The van der Waals surface area contributed by atoms with Gasteiger partial charge in [-0.1, -0.05) is 26.7 Å². The van der Waals surface area contributed by atoms with Crippen LogP contribution in [0, 0.1) is 0 Å². The van der Waals surface area contributed by atoms with Gasteiger partial charge < -0.3 is 10.1 Å². The van der Waals surface area contributed by atoms with E-state index in [1.54, 1.807) is 0 Å². The maximum atomic E-state index is 5.96. The van der Waals surface area contributed by atoms with E-state index in [1.807, 2.05) is 18.4 Å². The molecule has 1 atom stereocenters. The van der Waals surface area contributed by atoms with Crippen molar-refractivity contribution in [3.05, 3.63) is 21.9 Å². The Morgan fingerprint density at radius 3 is 2.47 bits per heavy atom. The third-order valence-electron chi connectivity index (χ3n) is 4.41. The van der Waals surface area contributed by atoms with Gasteiger partial charge in [0.15, 0.2) is 0 Å². The Kier molecular flexibility index (Phi) is 5.43. The van der Waals surface area contributed by atoms with E-state index in [2.05, 4.69) is 31.3 Å². The molecule has 0 bridgehead atoms. The summed E-state index contributed by atoms with van der Waals surface area (Å²) >= 11 is 1.96. The van der Waals surface area contributed by atoms with Crippen LogP contribution in [-0.2, 0) is 17.6 Å².